The van der Waals surface area contributed by atoms with E-state index < -0.39 is 0 Å². The van der Waals surface area contributed by atoms with E-state index in [0.29, 0.717) is 0 Å². The number of hydrogen-bond donors (Lipinski definition) is 0. The molecule has 0 aliphatic carbocycles. The summed E-state index contributed by atoms with van der Waals surface area (Å²) in [6.45, 7) is 7.54. The molecule has 1 rings (SSSR count). The van der Waals surface area contributed by atoms with Gasteiger partial charge in [-0.15, -0.1) is 0 Å². The highest BCUT2D eigenvalue weighted by Gasteiger charge is 2.35. The van der Waals surface area contributed by atoms with Gasteiger partial charge in [0.1, 0.15) is 0 Å². The van der Waals surface area contributed by atoms with Gasteiger partial charge in [0, 0.05) is 0 Å². The second kappa shape index (κ2) is 6.89. The third kappa shape index (κ3) is 4.25. The number of unbranched alkanes of at least 4 members (excludes halogenated alkanes) is 3. The first-order valence-corrected chi connectivity index (χ1v) is 6.19. The molecule has 88 valence electrons. The summed E-state index contributed by atoms with van der Waals surface area (Å²) in [5.74, 6) is 0. The van der Waals surface area contributed by atoms with E-state index in [2.05, 4.69) is 13.5 Å². The second-order valence-electron chi connectivity index (χ2n) is 4.34. The maximum atomic E-state index is 5.67. The summed E-state index contributed by atoms with van der Waals surface area (Å²) in [7, 11) is 0. The fraction of sp³-hybridized carbons (Fsp3) is 0.846. The molecule has 0 spiro atoms. The SMILES string of the molecule is C=COCCCCCCC1(CC)CCO1. The summed E-state index contributed by atoms with van der Waals surface area (Å²) < 4.78 is 10.7. The van der Waals surface area contributed by atoms with Crippen molar-refractivity contribution in [3.8, 4) is 0 Å². The van der Waals surface area contributed by atoms with E-state index in [-0.39, 0.29) is 5.60 Å². The Kier molecular flexibility index (Phi) is 5.77. The van der Waals surface area contributed by atoms with E-state index in [4.69, 9.17) is 9.47 Å². The standard InChI is InChI=1S/C13H24O2/c1-3-13(10-12-15-13)9-7-5-6-8-11-14-4-2/h4H,2-3,5-12H2,1H3. The highest BCUT2D eigenvalue weighted by atomic mass is 16.5. The molecule has 1 heterocycles. The van der Waals surface area contributed by atoms with Crippen LogP contribution in [0.15, 0.2) is 12.8 Å². The molecule has 0 aromatic carbocycles. The predicted octanol–water partition coefficient (Wildman–Crippen LogP) is 3.67. The second-order valence-corrected chi connectivity index (χ2v) is 4.34. The Hall–Kier alpha value is -0.500. The first-order valence-electron chi connectivity index (χ1n) is 6.19. The predicted molar refractivity (Wildman–Crippen MR) is 62.8 cm³/mol. The fourth-order valence-electron chi connectivity index (χ4n) is 2.11. The first kappa shape index (κ1) is 12.6. The average Bonchev–Trinajstić information content (AvgIpc) is 2.20. The molecule has 0 N–H and O–H groups in total. The van der Waals surface area contributed by atoms with Crippen molar-refractivity contribution < 1.29 is 9.47 Å². The van der Waals surface area contributed by atoms with Crippen LogP contribution in [0.3, 0.4) is 0 Å². The van der Waals surface area contributed by atoms with Crippen LogP contribution in [0.1, 0.15) is 51.9 Å². The summed E-state index contributed by atoms with van der Waals surface area (Å²) in [6.07, 6.45) is 10.2. The van der Waals surface area contributed by atoms with Gasteiger partial charge in [-0.1, -0.05) is 32.8 Å². The van der Waals surface area contributed by atoms with Crippen LogP contribution in [-0.2, 0) is 9.47 Å². The Morgan fingerprint density at radius 1 is 1.33 bits per heavy atom. The number of ether oxygens (including phenoxy) is 2. The van der Waals surface area contributed by atoms with Crippen LogP contribution in [0.5, 0.6) is 0 Å². The zero-order valence-corrected chi connectivity index (χ0v) is 9.96. The monoisotopic (exact) mass is 212 g/mol. The molecule has 0 saturated carbocycles. The minimum Gasteiger partial charge on any atom is -0.502 e. The van der Waals surface area contributed by atoms with Crippen molar-refractivity contribution in [2.24, 2.45) is 0 Å². The smallest absolute Gasteiger partial charge is 0.0873 e. The zero-order valence-electron chi connectivity index (χ0n) is 9.96. The van der Waals surface area contributed by atoms with Gasteiger partial charge in [0.05, 0.1) is 25.1 Å². The van der Waals surface area contributed by atoms with Gasteiger partial charge in [-0.3, -0.25) is 0 Å². The third-order valence-electron chi connectivity index (χ3n) is 3.37. The van der Waals surface area contributed by atoms with Crippen molar-refractivity contribution in [2.45, 2.75) is 57.5 Å². The van der Waals surface area contributed by atoms with E-state index in [9.17, 15) is 0 Å². The largest absolute Gasteiger partial charge is 0.502 e. The van der Waals surface area contributed by atoms with Crippen LogP contribution in [0.25, 0.3) is 0 Å². The Balaban J connectivity index is 1.90. The molecule has 2 nitrogen and oxygen atoms in total. The molecule has 0 aromatic heterocycles. The maximum absolute atomic E-state index is 5.67. The lowest BCUT2D eigenvalue weighted by atomic mass is 9.86. The Labute approximate surface area is 93.7 Å². The molecule has 1 atom stereocenters. The van der Waals surface area contributed by atoms with Crippen LogP contribution >= 0.6 is 0 Å². The van der Waals surface area contributed by atoms with Crippen LogP contribution in [0.4, 0.5) is 0 Å². The van der Waals surface area contributed by atoms with E-state index in [1.54, 1.807) is 0 Å². The average molecular weight is 212 g/mol. The summed E-state index contributed by atoms with van der Waals surface area (Å²) in [5.41, 5.74) is 0.262. The van der Waals surface area contributed by atoms with Crippen molar-refractivity contribution in [3.63, 3.8) is 0 Å². The molecule has 0 bridgehead atoms. The highest BCUT2D eigenvalue weighted by Crippen LogP contribution is 2.34. The Bertz CT molecular complexity index is 168. The zero-order chi connectivity index (χ0) is 11.0. The first-order chi connectivity index (χ1) is 7.33. The molecule has 0 amide bonds. The third-order valence-corrected chi connectivity index (χ3v) is 3.37. The summed E-state index contributed by atoms with van der Waals surface area (Å²) in [4.78, 5) is 0. The molecule has 15 heavy (non-hydrogen) atoms. The van der Waals surface area contributed by atoms with E-state index >= 15 is 0 Å². The lowest BCUT2D eigenvalue weighted by Crippen LogP contribution is -2.42. The van der Waals surface area contributed by atoms with Crippen molar-refractivity contribution >= 4 is 0 Å². The van der Waals surface area contributed by atoms with Gasteiger partial charge in [-0.2, -0.15) is 0 Å². The van der Waals surface area contributed by atoms with Crippen molar-refractivity contribution in [2.75, 3.05) is 13.2 Å². The molecular formula is C13H24O2. The van der Waals surface area contributed by atoms with E-state index in [1.807, 2.05) is 0 Å². The topological polar surface area (TPSA) is 18.5 Å². The molecule has 1 unspecified atom stereocenters. The van der Waals surface area contributed by atoms with Crippen LogP contribution in [0, 0.1) is 0 Å². The Morgan fingerprint density at radius 3 is 2.60 bits per heavy atom. The lowest BCUT2D eigenvalue weighted by molar-refractivity contribution is -0.154. The fourth-order valence-corrected chi connectivity index (χ4v) is 2.11. The van der Waals surface area contributed by atoms with Crippen LogP contribution in [-0.4, -0.2) is 18.8 Å². The summed E-state index contributed by atoms with van der Waals surface area (Å²) in [5, 5.41) is 0. The Morgan fingerprint density at radius 2 is 2.07 bits per heavy atom. The quantitative estimate of drug-likeness (QED) is 0.429. The van der Waals surface area contributed by atoms with E-state index in [1.165, 1.54) is 44.8 Å². The van der Waals surface area contributed by atoms with Crippen LogP contribution in [0.2, 0.25) is 0 Å². The normalized spacial score (nSPS) is 24.6. The summed E-state index contributed by atoms with van der Waals surface area (Å²) >= 11 is 0. The number of hydrogen-bond acceptors (Lipinski definition) is 2. The van der Waals surface area contributed by atoms with Gasteiger partial charge >= 0.3 is 0 Å². The van der Waals surface area contributed by atoms with E-state index in [0.717, 1.165) is 19.6 Å². The van der Waals surface area contributed by atoms with Gasteiger partial charge in [0.25, 0.3) is 0 Å². The minimum absolute atomic E-state index is 0.262. The van der Waals surface area contributed by atoms with Crippen molar-refractivity contribution in [3.05, 3.63) is 12.8 Å². The molecule has 0 radical (unpaired) electrons. The van der Waals surface area contributed by atoms with Gasteiger partial charge in [-0.05, 0) is 25.7 Å². The van der Waals surface area contributed by atoms with Gasteiger partial charge in [0.2, 0.25) is 0 Å². The van der Waals surface area contributed by atoms with Gasteiger partial charge in [0.15, 0.2) is 0 Å². The molecule has 1 saturated heterocycles. The van der Waals surface area contributed by atoms with Gasteiger partial charge < -0.3 is 9.47 Å². The van der Waals surface area contributed by atoms with Crippen molar-refractivity contribution in [1.29, 1.82) is 0 Å². The molecular weight excluding hydrogens is 188 g/mol. The molecule has 1 aliphatic heterocycles. The molecule has 0 aromatic rings. The molecule has 2 heteroatoms. The maximum Gasteiger partial charge on any atom is 0.0873 e. The summed E-state index contributed by atoms with van der Waals surface area (Å²) in [6, 6.07) is 0. The highest BCUT2D eigenvalue weighted by molar-refractivity contribution is 4.85. The van der Waals surface area contributed by atoms with Crippen molar-refractivity contribution in [1.82, 2.24) is 0 Å². The molecule has 1 fully saturated rings. The lowest BCUT2D eigenvalue weighted by Gasteiger charge is -2.41. The minimum atomic E-state index is 0.262. The van der Waals surface area contributed by atoms with Gasteiger partial charge in [-0.25, -0.2) is 0 Å². The van der Waals surface area contributed by atoms with Crippen LogP contribution < -0.4 is 0 Å². The number of rotatable bonds is 9. The molecule has 1 aliphatic rings.